The van der Waals surface area contributed by atoms with Gasteiger partial charge in [0.2, 0.25) is 0 Å². The van der Waals surface area contributed by atoms with Gasteiger partial charge in [-0.05, 0) is 31.5 Å². The lowest BCUT2D eigenvalue weighted by atomic mass is 9.96. The lowest BCUT2D eigenvalue weighted by Crippen LogP contribution is -2.42. The van der Waals surface area contributed by atoms with Gasteiger partial charge in [0.25, 0.3) is 5.91 Å². The zero-order valence-corrected chi connectivity index (χ0v) is 15.1. The first kappa shape index (κ1) is 20.0. The van der Waals surface area contributed by atoms with Crippen molar-refractivity contribution in [3.05, 3.63) is 23.8 Å². The van der Waals surface area contributed by atoms with Gasteiger partial charge in [0.05, 0.1) is 14.2 Å². The summed E-state index contributed by atoms with van der Waals surface area (Å²) in [4.78, 5) is 24.4. The minimum Gasteiger partial charge on any atom is -0.496 e. The minimum absolute atomic E-state index is 0.248. The smallest absolute Gasteiger partial charge is 0.341 e. The predicted octanol–water partition coefficient (Wildman–Crippen LogP) is 3.41. The topological polar surface area (TPSA) is 73.9 Å². The van der Waals surface area contributed by atoms with Gasteiger partial charge in [0.15, 0.2) is 0 Å². The van der Waals surface area contributed by atoms with Crippen molar-refractivity contribution >= 4 is 17.6 Å². The van der Waals surface area contributed by atoms with E-state index >= 15 is 0 Å². The molecule has 1 aromatic carbocycles. The number of rotatable bonds is 9. The molecular weight excluding hydrogens is 310 g/mol. The maximum atomic E-state index is 12.6. The Labute approximate surface area is 143 Å². The van der Waals surface area contributed by atoms with Crippen molar-refractivity contribution in [1.29, 1.82) is 0 Å². The largest absolute Gasteiger partial charge is 0.496 e. The predicted molar refractivity (Wildman–Crippen MR) is 92.5 cm³/mol. The number of anilines is 1. The molecule has 0 bridgehead atoms. The van der Waals surface area contributed by atoms with E-state index in [0.29, 0.717) is 17.9 Å². The Morgan fingerprint density at radius 3 is 2.42 bits per heavy atom. The molecule has 1 aromatic rings. The molecule has 0 unspecified atom stereocenters. The Bertz CT molecular complexity index is 573. The maximum Gasteiger partial charge on any atom is 0.341 e. The molecule has 6 nitrogen and oxygen atoms in total. The molecule has 0 aliphatic carbocycles. The van der Waals surface area contributed by atoms with Crippen LogP contribution >= 0.6 is 0 Å². The molecule has 0 radical (unpaired) electrons. The van der Waals surface area contributed by atoms with Gasteiger partial charge in [-0.15, -0.1) is 0 Å². The number of benzene rings is 1. The van der Waals surface area contributed by atoms with Gasteiger partial charge in [-0.1, -0.05) is 26.2 Å². The van der Waals surface area contributed by atoms with Gasteiger partial charge in [-0.25, -0.2) is 4.79 Å². The standard InChI is InChI=1S/C18H27NO5/c1-6-7-8-11-18(2,24-5)17(21)19-13-9-10-15(22-3)14(12-13)16(20)23-4/h9-10,12H,6-8,11H2,1-5H3,(H,19,21)/t18-/m0/s1. The van der Waals surface area contributed by atoms with Crippen molar-refractivity contribution in [2.24, 2.45) is 0 Å². The summed E-state index contributed by atoms with van der Waals surface area (Å²) < 4.78 is 15.3. The number of carbonyl (C=O) groups excluding carboxylic acids is 2. The number of hydrogen-bond donors (Lipinski definition) is 1. The highest BCUT2D eigenvalue weighted by atomic mass is 16.5. The molecule has 24 heavy (non-hydrogen) atoms. The van der Waals surface area contributed by atoms with E-state index in [2.05, 4.69) is 12.2 Å². The van der Waals surface area contributed by atoms with Crippen LogP contribution in [0, 0.1) is 0 Å². The van der Waals surface area contributed by atoms with Crippen LogP contribution in [-0.2, 0) is 14.3 Å². The molecule has 1 amide bonds. The van der Waals surface area contributed by atoms with Crippen molar-refractivity contribution in [2.45, 2.75) is 45.1 Å². The fourth-order valence-corrected chi connectivity index (χ4v) is 2.34. The van der Waals surface area contributed by atoms with E-state index in [1.807, 2.05) is 0 Å². The lowest BCUT2D eigenvalue weighted by molar-refractivity contribution is -0.136. The first-order valence-electron chi connectivity index (χ1n) is 8.04. The zero-order valence-electron chi connectivity index (χ0n) is 15.1. The van der Waals surface area contributed by atoms with E-state index in [1.165, 1.54) is 27.4 Å². The highest BCUT2D eigenvalue weighted by molar-refractivity contribution is 5.99. The number of carbonyl (C=O) groups is 2. The molecule has 6 heteroatoms. The van der Waals surface area contributed by atoms with Crippen LogP contribution in [0.25, 0.3) is 0 Å². The first-order valence-corrected chi connectivity index (χ1v) is 8.04. The van der Waals surface area contributed by atoms with Gasteiger partial charge in [-0.2, -0.15) is 0 Å². The molecule has 0 heterocycles. The van der Waals surface area contributed by atoms with Crippen molar-refractivity contribution < 1.29 is 23.8 Å². The Morgan fingerprint density at radius 1 is 1.17 bits per heavy atom. The SMILES string of the molecule is CCCCC[C@](C)(OC)C(=O)Nc1ccc(OC)c(C(=O)OC)c1. The van der Waals surface area contributed by atoms with Crippen LogP contribution in [0.2, 0.25) is 0 Å². The normalized spacial score (nSPS) is 13.0. The fourth-order valence-electron chi connectivity index (χ4n) is 2.34. The Hall–Kier alpha value is -2.08. The average Bonchev–Trinajstić information content (AvgIpc) is 2.60. The summed E-state index contributed by atoms with van der Waals surface area (Å²) in [7, 11) is 4.29. The summed E-state index contributed by atoms with van der Waals surface area (Å²) in [6.45, 7) is 3.87. The quantitative estimate of drug-likeness (QED) is 0.552. The van der Waals surface area contributed by atoms with Crippen molar-refractivity contribution in [2.75, 3.05) is 26.6 Å². The van der Waals surface area contributed by atoms with E-state index in [-0.39, 0.29) is 11.5 Å². The molecule has 0 aliphatic heterocycles. The third kappa shape index (κ3) is 4.96. The summed E-state index contributed by atoms with van der Waals surface area (Å²) in [6, 6.07) is 4.82. The van der Waals surface area contributed by atoms with Crippen LogP contribution in [0.1, 0.15) is 49.9 Å². The molecule has 0 aliphatic rings. The molecule has 0 aromatic heterocycles. The van der Waals surface area contributed by atoms with E-state index in [1.54, 1.807) is 19.1 Å². The molecule has 0 fully saturated rings. The summed E-state index contributed by atoms with van der Waals surface area (Å²) in [5, 5.41) is 2.80. The summed E-state index contributed by atoms with van der Waals surface area (Å²) in [5.41, 5.74) is -0.177. The molecule has 0 saturated carbocycles. The third-order valence-corrected chi connectivity index (χ3v) is 4.05. The first-order chi connectivity index (χ1) is 11.4. The number of nitrogens with one attached hydrogen (secondary N) is 1. The minimum atomic E-state index is -0.916. The van der Waals surface area contributed by atoms with Crippen molar-refractivity contribution in [3.8, 4) is 5.75 Å². The Balaban J connectivity index is 2.94. The second-order valence-electron chi connectivity index (χ2n) is 5.75. The third-order valence-electron chi connectivity index (χ3n) is 4.05. The van der Waals surface area contributed by atoms with Gasteiger partial charge in [0.1, 0.15) is 16.9 Å². The number of methoxy groups -OCH3 is 3. The fraction of sp³-hybridized carbons (Fsp3) is 0.556. The highest BCUT2D eigenvalue weighted by Crippen LogP contribution is 2.26. The second kappa shape index (κ2) is 9.27. The van der Waals surface area contributed by atoms with Crippen LogP contribution < -0.4 is 10.1 Å². The second-order valence-corrected chi connectivity index (χ2v) is 5.75. The van der Waals surface area contributed by atoms with Gasteiger partial charge < -0.3 is 19.5 Å². The van der Waals surface area contributed by atoms with Crippen LogP contribution in [0.4, 0.5) is 5.69 Å². The summed E-state index contributed by atoms with van der Waals surface area (Å²) >= 11 is 0. The molecular formula is C18H27NO5. The molecule has 134 valence electrons. The number of amides is 1. The molecule has 0 saturated heterocycles. The summed E-state index contributed by atoms with van der Waals surface area (Å²) in [6.07, 6.45) is 3.65. The highest BCUT2D eigenvalue weighted by Gasteiger charge is 2.32. The van der Waals surface area contributed by atoms with Crippen molar-refractivity contribution in [1.82, 2.24) is 0 Å². The van der Waals surface area contributed by atoms with E-state index < -0.39 is 11.6 Å². The molecule has 0 spiro atoms. The van der Waals surface area contributed by atoms with E-state index in [0.717, 1.165) is 19.3 Å². The number of ether oxygens (including phenoxy) is 3. The molecule has 1 rings (SSSR count). The molecule has 1 N–H and O–H groups in total. The number of esters is 1. The number of unbranched alkanes of at least 4 members (excludes halogenated alkanes) is 2. The summed E-state index contributed by atoms with van der Waals surface area (Å²) in [5.74, 6) is -0.389. The van der Waals surface area contributed by atoms with Crippen LogP contribution in [-0.4, -0.2) is 38.8 Å². The Kier molecular flexibility index (Phi) is 7.71. The van der Waals surface area contributed by atoms with E-state index in [9.17, 15) is 9.59 Å². The molecule has 1 atom stereocenters. The van der Waals surface area contributed by atoms with Gasteiger partial charge in [-0.3, -0.25) is 4.79 Å². The number of hydrogen-bond acceptors (Lipinski definition) is 5. The van der Waals surface area contributed by atoms with Crippen molar-refractivity contribution in [3.63, 3.8) is 0 Å². The van der Waals surface area contributed by atoms with Gasteiger partial charge in [0, 0.05) is 12.8 Å². The van der Waals surface area contributed by atoms with Crippen LogP contribution in [0.3, 0.4) is 0 Å². The van der Waals surface area contributed by atoms with Crippen LogP contribution in [0.15, 0.2) is 18.2 Å². The maximum absolute atomic E-state index is 12.6. The lowest BCUT2D eigenvalue weighted by Gasteiger charge is -2.27. The monoisotopic (exact) mass is 337 g/mol. The Morgan fingerprint density at radius 2 is 1.88 bits per heavy atom. The van der Waals surface area contributed by atoms with Crippen LogP contribution in [0.5, 0.6) is 5.75 Å². The zero-order chi connectivity index (χ0) is 18.2. The average molecular weight is 337 g/mol. The van der Waals surface area contributed by atoms with E-state index in [4.69, 9.17) is 14.2 Å². The van der Waals surface area contributed by atoms with Gasteiger partial charge >= 0.3 is 5.97 Å².